The first-order chi connectivity index (χ1) is 17.4. The molecule has 0 fully saturated rings. The maximum atomic E-state index is 11.7. The molecule has 0 unspecified atom stereocenters. The van der Waals surface area contributed by atoms with Crippen LogP contribution in [0, 0.1) is 0 Å². The summed E-state index contributed by atoms with van der Waals surface area (Å²) >= 11 is 0. The van der Waals surface area contributed by atoms with Crippen molar-refractivity contribution in [3.63, 3.8) is 0 Å². The number of phosphoric acid groups is 1. The van der Waals surface area contributed by atoms with Gasteiger partial charge in [0, 0.05) is 11.1 Å². The van der Waals surface area contributed by atoms with E-state index in [1.807, 2.05) is 97.1 Å². The highest BCUT2D eigenvalue weighted by Gasteiger charge is 2.24. The van der Waals surface area contributed by atoms with Gasteiger partial charge < -0.3 is 9.42 Å². The number of phosphoric ester groups is 1. The van der Waals surface area contributed by atoms with E-state index in [0.29, 0.717) is 5.56 Å². The molecule has 36 heavy (non-hydrogen) atoms. The Morgan fingerprint density at radius 1 is 0.611 bits per heavy atom. The summed E-state index contributed by atoms with van der Waals surface area (Å²) in [5.74, 6) is 0.142. The van der Waals surface area contributed by atoms with Crippen LogP contribution in [0.5, 0.6) is 5.75 Å². The molecule has 0 aliphatic heterocycles. The Labute approximate surface area is 214 Å². The summed E-state index contributed by atoms with van der Waals surface area (Å²) in [4.78, 5) is 21.3. The Kier molecular flexibility index (Phi) is 10.0. The molecule has 0 radical (unpaired) electrons. The van der Waals surface area contributed by atoms with Gasteiger partial charge in [-0.05, 0) is 48.0 Å². The molecule has 4 aromatic carbocycles. The summed E-state index contributed by atoms with van der Waals surface area (Å²) in [6.07, 6.45) is 0. The topological polar surface area (TPSA) is 70.0 Å². The van der Waals surface area contributed by atoms with Crippen LogP contribution in [0.3, 0.4) is 0 Å². The fourth-order valence-electron chi connectivity index (χ4n) is 4.11. The van der Waals surface area contributed by atoms with Crippen LogP contribution in [-0.2, 0) is 4.57 Å². The first-order valence-electron chi connectivity index (χ1n) is 12.2. The van der Waals surface area contributed by atoms with Gasteiger partial charge in [-0.15, -0.1) is 0 Å². The Bertz CT molecular complexity index is 1250. The molecule has 0 bridgehead atoms. The number of rotatable bonds is 8. The van der Waals surface area contributed by atoms with Gasteiger partial charge in [-0.3, -0.25) is 9.79 Å². The second kappa shape index (κ2) is 13.2. The highest BCUT2D eigenvalue weighted by molar-refractivity contribution is 7.46. The summed E-state index contributed by atoms with van der Waals surface area (Å²) in [6.45, 7) is 10.1. The lowest BCUT2D eigenvalue weighted by atomic mass is 9.87. The van der Waals surface area contributed by atoms with Gasteiger partial charge in [-0.25, -0.2) is 4.57 Å². The lowest BCUT2D eigenvalue weighted by Crippen LogP contribution is -2.21. The van der Waals surface area contributed by atoms with Crippen molar-refractivity contribution in [1.82, 2.24) is 4.90 Å². The van der Waals surface area contributed by atoms with E-state index >= 15 is 0 Å². The van der Waals surface area contributed by atoms with Crippen molar-refractivity contribution >= 4 is 7.82 Å². The van der Waals surface area contributed by atoms with Gasteiger partial charge in [0.15, 0.2) is 0 Å². The predicted molar refractivity (Wildman–Crippen MR) is 149 cm³/mol. The van der Waals surface area contributed by atoms with E-state index < -0.39 is 7.82 Å². The summed E-state index contributed by atoms with van der Waals surface area (Å²) < 4.78 is 16.8. The molecule has 6 heteroatoms. The average Bonchev–Trinajstić information content (AvgIpc) is 2.90. The third-order valence-electron chi connectivity index (χ3n) is 5.94. The SMILES string of the molecule is CCN(CC)CC.O=P(O)(O)Oc1ccc(-c2ccccc2)c(-c2ccccc2)c1-c1ccccc1. The lowest BCUT2D eigenvalue weighted by molar-refractivity contribution is 0.283. The molecule has 0 saturated carbocycles. The van der Waals surface area contributed by atoms with E-state index in [-0.39, 0.29) is 5.75 Å². The minimum Gasteiger partial charge on any atom is -0.404 e. The molecular weight excluding hydrogens is 469 g/mol. The minimum absolute atomic E-state index is 0.142. The van der Waals surface area contributed by atoms with E-state index in [0.717, 1.165) is 27.8 Å². The van der Waals surface area contributed by atoms with Gasteiger partial charge >= 0.3 is 7.82 Å². The average molecular weight is 504 g/mol. The first kappa shape index (κ1) is 27.4. The van der Waals surface area contributed by atoms with Crippen LogP contribution in [0.15, 0.2) is 103 Å². The molecule has 4 rings (SSSR count). The molecule has 0 atom stereocenters. The molecule has 0 aliphatic rings. The van der Waals surface area contributed by atoms with Gasteiger partial charge in [-0.1, -0.05) is 118 Å². The Morgan fingerprint density at radius 2 is 1.03 bits per heavy atom. The smallest absolute Gasteiger partial charge is 0.404 e. The largest absolute Gasteiger partial charge is 0.524 e. The summed E-state index contributed by atoms with van der Waals surface area (Å²) in [5, 5.41) is 0. The normalized spacial score (nSPS) is 11.1. The molecule has 0 aromatic heterocycles. The molecule has 0 amide bonds. The summed E-state index contributed by atoms with van der Waals surface area (Å²) in [7, 11) is -4.73. The molecule has 0 heterocycles. The second-order valence-electron chi connectivity index (χ2n) is 8.16. The Hall–Kier alpha value is -3.21. The predicted octanol–water partition coefficient (Wildman–Crippen LogP) is 7.51. The van der Waals surface area contributed by atoms with E-state index in [9.17, 15) is 14.4 Å². The van der Waals surface area contributed by atoms with Crippen molar-refractivity contribution in [3.05, 3.63) is 103 Å². The van der Waals surface area contributed by atoms with Crippen molar-refractivity contribution in [1.29, 1.82) is 0 Å². The molecule has 2 N–H and O–H groups in total. The second-order valence-corrected chi connectivity index (χ2v) is 9.32. The standard InChI is InChI=1S/C24H19O4P.C6H15N/c25-29(26,27)28-22-17-16-21(18-10-4-1-5-11-18)23(19-12-6-2-7-13-19)24(22)20-14-8-3-9-15-20;1-4-7(5-2)6-3/h1-17H,(H2,25,26,27);4-6H2,1-3H3. The number of hydrogen-bond donors (Lipinski definition) is 2. The zero-order valence-corrected chi connectivity index (χ0v) is 21.9. The van der Waals surface area contributed by atoms with E-state index in [4.69, 9.17) is 4.52 Å². The summed E-state index contributed by atoms with van der Waals surface area (Å²) in [5.41, 5.74) is 5.20. The third kappa shape index (κ3) is 7.39. The maximum Gasteiger partial charge on any atom is 0.524 e. The number of hydrogen-bond acceptors (Lipinski definition) is 3. The molecule has 0 aliphatic carbocycles. The summed E-state index contributed by atoms with van der Waals surface area (Å²) in [6, 6.07) is 32.6. The number of nitrogens with zero attached hydrogens (tertiary/aromatic N) is 1. The quantitative estimate of drug-likeness (QED) is 0.244. The van der Waals surface area contributed by atoms with E-state index in [1.54, 1.807) is 6.07 Å². The van der Waals surface area contributed by atoms with Gasteiger partial charge in [-0.2, -0.15) is 0 Å². The van der Waals surface area contributed by atoms with Gasteiger partial charge in [0.05, 0.1) is 0 Å². The first-order valence-corrected chi connectivity index (χ1v) is 13.7. The van der Waals surface area contributed by atoms with Crippen LogP contribution in [-0.4, -0.2) is 34.3 Å². The molecular formula is C30H34NO4P. The fourth-order valence-corrected chi connectivity index (χ4v) is 4.52. The zero-order valence-electron chi connectivity index (χ0n) is 21.0. The van der Waals surface area contributed by atoms with E-state index in [2.05, 4.69) is 25.7 Å². The highest BCUT2D eigenvalue weighted by Crippen LogP contribution is 2.49. The van der Waals surface area contributed by atoms with Crippen molar-refractivity contribution in [2.45, 2.75) is 20.8 Å². The Morgan fingerprint density at radius 3 is 1.42 bits per heavy atom. The zero-order chi connectivity index (χ0) is 26.0. The van der Waals surface area contributed by atoms with Gasteiger partial charge in [0.2, 0.25) is 0 Å². The van der Waals surface area contributed by atoms with Crippen LogP contribution < -0.4 is 4.52 Å². The molecule has 5 nitrogen and oxygen atoms in total. The van der Waals surface area contributed by atoms with Crippen LogP contribution in [0.1, 0.15) is 20.8 Å². The molecule has 188 valence electrons. The molecule has 4 aromatic rings. The van der Waals surface area contributed by atoms with Crippen molar-refractivity contribution in [2.24, 2.45) is 0 Å². The van der Waals surface area contributed by atoms with Gasteiger partial charge in [0.1, 0.15) is 5.75 Å². The van der Waals surface area contributed by atoms with Crippen LogP contribution >= 0.6 is 7.82 Å². The Balaban J connectivity index is 0.000000454. The van der Waals surface area contributed by atoms with Crippen LogP contribution in [0.25, 0.3) is 33.4 Å². The maximum absolute atomic E-state index is 11.7. The van der Waals surface area contributed by atoms with Gasteiger partial charge in [0.25, 0.3) is 0 Å². The van der Waals surface area contributed by atoms with Crippen molar-refractivity contribution in [2.75, 3.05) is 19.6 Å². The lowest BCUT2D eigenvalue weighted by Gasteiger charge is -2.20. The monoisotopic (exact) mass is 503 g/mol. The van der Waals surface area contributed by atoms with E-state index in [1.165, 1.54) is 19.6 Å². The minimum atomic E-state index is -4.73. The number of benzene rings is 4. The molecule has 0 saturated heterocycles. The van der Waals surface area contributed by atoms with Crippen LogP contribution in [0.2, 0.25) is 0 Å². The van der Waals surface area contributed by atoms with Crippen molar-refractivity contribution in [3.8, 4) is 39.1 Å². The highest BCUT2D eigenvalue weighted by atomic mass is 31.2. The third-order valence-corrected chi connectivity index (χ3v) is 6.37. The molecule has 0 spiro atoms. The fraction of sp³-hybridized carbons (Fsp3) is 0.200. The van der Waals surface area contributed by atoms with Crippen molar-refractivity contribution < 1.29 is 18.9 Å². The van der Waals surface area contributed by atoms with Crippen LogP contribution in [0.4, 0.5) is 0 Å².